The van der Waals surface area contributed by atoms with Crippen LogP contribution in [0.4, 0.5) is 5.69 Å². The van der Waals surface area contributed by atoms with Gasteiger partial charge in [-0.2, -0.15) is 0 Å². The van der Waals surface area contributed by atoms with E-state index in [0.717, 1.165) is 30.1 Å². The molecule has 2 amide bonds. The fourth-order valence-electron chi connectivity index (χ4n) is 2.82. The summed E-state index contributed by atoms with van der Waals surface area (Å²) in [7, 11) is 1.58. The molecule has 5 nitrogen and oxygen atoms in total. The predicted molar refractivity (Wildman–Crippen MR) is 104 cm³/mol. The van der Waals surface area contributed by atoms with E-state index in [-0.39, 0.29) is 17.9 Å². The lowest BCUT2D eigenvalue weighted by molar-refractivity contribution is 0.0961. The van der Waals surface area contributed by atoms with E-state index in [4.69, 9.17) is 4.74 Å². The largest absolute Gasteiger partial charge is 0.377 e. The Bertz CT molecular complexity index is 788. The number of amides is 2. The molecule has 2 N–H and O–H groups in total. The highest BCUT2D eigenvalue weighted by Gasteiger charge is 2.18. The lowest BCUT2D eigenvalue weighted by Gasteiger charge is -2.13. The van der Waals surface area contributed by atoms with E-state index in [9.17, 15) is 9.59 Å². The zero-order chi connectivity index (χ0) is 18.4. The van der Waals surface area contributed by atoms with Crippen molar-refractivity contribution < 1.29 is 14.3 Å². The average molecular weight is 370 g/mol. The Labute approximate surface area is 157 Å². The van der Waals surface area contributed by atoms with Crippen LogP contribution >= 0.6 is 11.8 Å². The van der Waals surface area contributed by atoms with Crippen LogP contribution in [0.25, 0.3) is 0 Å². The van der Waals surface area contributed by atoms with Crippen LogP contribution in [0.5, 0.6) is 0 Å². The third kappa shape index (κ3) is 4.65. The van der Waals surface area contributed by atoms with Gasteiger partial charge in [0, 0.05) is 35.6 Å². The third-order valence-electron chi connectivity index (χ3n) is 4.19. The number of benzene rings is 2. The number of thioether (sulfide) groups is 1. The van der Waals surface area contributed by atoms with Crippen LogP contribution in [0.1, 0.15) is 33.6 Å². The minimum Gasteiger partial charge on any atom is -0.377 e. The van der Waals surface area contributed by atoms with Crippen LogP contribution in [0, 0.1) is 0 Å². The van der Waals surface area contributed by atoms with Gasteiger partial charge in [0.25, 0.3) is 11.8 Å². The van der Waals surface area contributed by atoms with Gasteiger partial charge >= 0.3 is 0 Å². The van der Waals surface area contributed by atoms with Crippen molar-refractivity contribution in [3.8, 4) is 0 Å². The van der Waals surface area contributed by atoms with Crippen LogP contribution in [-0.2, 0) is 4.74 Å². The van der Waals surface area contributed by atoms with Gasteiger partial charge in [-0.25, -0.2) is 0 Å². The maximum atomic E-state index is 12.7. The van der Waals surface area contributed by atoms with Crippen molar-refractivity contribution in [3.05, 3.63) is 59.7 Å². The maximum absolute atomic E-state index is 12.7. The highest BCUT2D eigenvalue weighted by molar-refractivity contribution is 7.99. The molecule has 0 spiro atoms. The van der Waals surface area contributed by atoms with Crippen molar-refractivity contribution in [2.75, 3.05) is 24.7 Å². The quantitative estimate of drug-likeness (QED) is 0.763. The molecule has 0 bridgehead atoms. The molecular weight excluding hydrogens is 348 g/mol. The highest BCUT2D eigenvalue weighted by Crippen LogP contribution is 2.27. The van der Waals surface area contributed by atoms with Crippen LogP contribution in [-0.4, -0.2) is 37.3 Å². The molecule has 1 heterocycles. The first-order valence-electron chi connectivity index (χ1n) is 8.64. The Kier molecular flexibility index (Phi) is 6.30. The topological polar surface area (TPSA) is 67.4 Å². The second kappa shape index (κ2) is 8.87. The molecule has 1 saturated heterocycles. The second-order valence-corrected chi connectivity index (χ2v) is 7.12. The molecule has 2 aromatic rings. The normalized spacial score (nSPS) is 16.3. The first kappa shape index (κ1) is 18.5. The summed E-state index contributed by atoms with van der Waals surface area (Å²) in [5, 5.41) is 5.46. The molecule has 0 saturated carbocycles. The van der Waals surface area contributed by atoms with E-state index in [1.54, 1.807) is 43.1 Å². The van der Waals surface area contributed by atoms with Gasteiger partial charge in [0.15, 0.2) is 0 Å². The molecule has 2 aromatic carbocycles. The van der Waals surface area contributed by atoms with Crippen molar-refractivity contribution in [3.63, 3.8) is 0 Å². The fourth-order valence-corrected chi connectivity index (χ4v) is 3.94. The van der Waals surface area contributed by atoms with Gasteiger partial charge in [-0.1, -0.05) is 18.2 Å². The van der Waals surface area contributed by atoms with Crippen LogP contribution in [0.2, 0.25) is 0 Å². The van der Waals surface area contributed by atoms with Gasteiger partial charge in [-0.3, -0.25) is 9.59 Å². The number of carbonyl (C=O) groups is 2. The summed E-state index contributed by atoms with van der Waals surface area (Å²) < 4.78 is 5.66. The number of ether oxygens (including phenoxy) is 1. The van der Waals surface area contributed by atoms with E-state index in [1.165, 1.54) is 0 Å². The molecule has 1 fully saturated rings. The highest BCUT2D eigenvalue weighted by atomic mass is 32.2. The number of hydrogen-bond acceptors (Lipinski definition) is 4. The molecule has 1 unspecified atom stereocenters. The molecular formula is C20H22N2O3S. The SMILES string of the molecule is CNC(=O)c1cccc(NC(=O)c2ccccc2SCC2CCCO2)c1. The third-order valence-corrected chi connectivity index (χ3v) is 5.40. The smallest absolute Gasteiger partial charge is 0.256 e. The minimum absolute atomic E-state index is 0.186. The summed E-state index contributed by atoms with van der Waals surface area (Å²) in [6.07, 6.45) is 2.45. The Balaban J connectivity index is 1.70. The maximum Gasteiger partial charge on any atom is 0.256 e. The monoisotopic (exact) mass is 370 g/mol. The molecule has 6 heteroatoms. The number of anilines is 1. The minimum atomic E-state index is -0.186. The summed E-state index contributed by atoms with van der Waals surface area (Å²) in [4.78, 5) is 25.4. The van der Waals surface area contributed by atoms with E-state index in [1.807, 2.05) is 24.3 Å². The van der Waals surface area contributed by atoms with Gasteiger partial charge in [-0.15, -0.1) is 11.8 Å². The average Bonchev–Trinajstić information content (AvgIpc) is 3.19. The Morgan fingerprint density at radius 3 is 2.77 bits per heavy atom. The molecule has 1 atom stereocenters. The Morgan fingerprint density at radius 1 is 1.15 bits per heavy atom. The van der Waals surface area contributed by atoms with E-state index < -0.39 is 0 Å². The van der Waals surface area contributed by atoms with E-state index >= 15 is 0 Å². The van der Waals surface area contributed by atoms with Gasteiger partial charge in [0.2, 0.25) is 0 Å². The van der Waals surface area contributed by atoms with Crippen molar-refractivity contribution in [2.45, 2.75) is 23.8 Å². The van der Waals surface area contributed by atoms with Crippen LogP contribution in [0.3, 0.4) is 0 Å². The lowest BCUT2D eigenvalue weighted by Crippen LogP contribution is -2.18. The Morgan fingerprint density at radius 2 is 2.00 bits per heavy atom. The number of nitrogens with one attached hydrogen (secondary N) is 2. The first-order valence-corrected chi connectivity index (χ1v) is 9.63. The molecule has 0 aromatic heterocycles. The Hall–Kier alpha value is -2.31. The number of hydrogen-bond donors (Lipinski definition) is 2. The van der Waals surface area contributed by atoms with Crippen molar-refractivity contribution in [1.29, 1.82) is 0 Å². The van der Waals surface area contributed by atoms with Crippen molar-refractivity contribution in [2.24, 2.45) is 0 Å². The molecule has 26 heavy (non-hydrogen) atoms. The van der Waals surface area contributed by atoms with Gasteiger partial charge in [0.05, 0.1) is 11.7 Å². The number of carbonyl (C=O) groups excluding carboxylic acids is 2. The van der Waals surface area contributed by atoms with Gasteiger partial charge in [0.1, 0.15) is 0 Å². The first-order chi connectivity index (χ1) is 12.7. The predicted octanol–water partition coefficient (Wildman–Crippen LogP) is 3.57. The molecule has 0 radical (unpaired) electrons. The zero-order valence-corrected chi connectivity index (χ0v) is 15.5. The molecule has 136 valence electrons. The number of rotatable bonds is 6. The second-order valence-electron chi connectivity index (χ2n) is 6.06. The molecule has 1 aliphatic heterocycles. The molecule has 1 aliphatic rings. The van der Waals surface area contributed by atoms with Gasteiger partial charge < -0.3 is 15.4 Å². The lowest BCUT2D eigenvalue weighted by atomic mass is 10.1. The van der Waals surface area contributed by atoms with Crippen molar-refractivity contribution >= 4 is 29.3 Å². The van der Waals surface area contributed by atoms with Gasteiger partial charge in [-0.05, 0) is 43.2 Å². The fraction of sp³-hybridized carbons (Fsp3) is 0.300. The summed E-state index contributed by atoms with van der Waals surface area (Å²) in [5.74, 6) is 0.472. The zero-order valence-electron chi connectivity index (χ0n) is 14.7. The summed E-state index contributed by atoms with van der Waals surface area (Å²) >= 11 is 1.64. The summed E-state index contributed by atoms with van der Waals surface area (Å²) in [6.45, 7) is 0.828. The summed E-state index contributed by atoms with van der Waals surface area (Å²) in [5.41, 5.74) is 1.72. The van der Waals surface area contributed by atoms with Crippen LogP contribution < -0.4 is 10.6 Å². The molecule has 0 aliphatic carbocycles. The van der Waals surface area contributed by atoms with E-state index in [2.05, 4.69) is 10.6 Å². The molecule has 3 rings (SSSR count). The standard InChI is InChI=1S/C20H22N2O3S/c1-21-19(23)14-6-4-7-15(12-14)22-20(24)17-9-2-3-10-18(17)26-13-16-8-5-11-25-16/h2-4,6-7,9-10,12,16H,5,8,11,13H2,1H3,(H,21,23)(H,22,24). The van der Waals surface area contributed by atoms with Crippen molar-refractivity contribution in [1.82, 2.24) is 5.32 Å². The summed E-state index contributed by atoms with van der Waals surface area (Å²) in [6, 6.07) is 14.4. The van der Waals surface area contributed by atoms with Crippen LogP contribution in [0.15, 0.2) is 53.4 Å². The van der Waals surface area contributed by atoms with E-state index in [0.29, 0.717) is 16.8 Å².